The molecule has 1 atom stereocenters. The first kappa shape index (κ1) is 14.0. The number of nitrogens with two attached hydrogens (primary N) is 1. The van der Waals surface area contributed by atoms with Gasteiger partial charge in [-0.05, 0) is 42.7 Å². The highest BCUT2D eigenvalue weighted by Crippen LogP contribution is 2.24. The van der Waals surface area contributed by atoms with Crippen molar-refractivity contribution in [1.29, 1.82) is 0 Å². The van der Waals surface area contributed by atoms with E-state index in [1.165, 1.54) is 16.9 Å². The maximum absolute atomic E-state index is 12.5. The van der Waals surface area contributed by atoms with Crippen LogP contribution < -0.4 is 5.73 Å². The minimum atomic E-state index is 0.262. The lowest BCUT2D eigenvalue weighted by molar-refractivity contribution is -0.136. The van der Waals surface area contributed by atoms with Gasteiger partial charge in [0.1, 0.15) is 0 Å². The van der Waals surface area contributed by atoms with Crippen LogP contribution in [0.25, 0.3) is 0 Å². The number of hydrogen-bond acceptors (Lipinski definition) is 4. The molecule has 0 spiro atoms. The molecule has 3 rings (SSSR count). The van der Waals surface area contributed by atoms with Gasteiger partial charge in [0.05, 0.1) is 6.54 Å². The van der Waals surface area contributed by atoms with Gasteiger partial charge in [0.25, 0.3) is 0 Å². The molecule has 1 saturated heterocycles. The van der Waals surface area contributed by atoms with Crippen LogP contribution in [0, 0.1) is 0 Å². The molecular formula is C15H23N3OS. The quantitative estimate of drug-likeness (QED) is 0.917. The maximum Gasteiger partial charge on any atom is 0.237 e. The summed E-state index contributed by atoms with van der Waals surface area (Å²) in [5, 5.41) is 2.16. The fraction of sp³-hybridized carbons (Fsp3) is 0.667. The van der Waals surface area contributed by atoms with E-state index in [0.717, 1.165) is 38.9 Å². The molecule has 1 aromatic heterocycles. The third kappa shape index (κ3) is 2.90. The van der Waals surface area contributed by atoms with Gasteiger partial charge in [-0.1, -0.05) is 0 Å². The van der Waals surface area contributed by atoms with E-state index in [9.17, 15) is 4.79 Å². The van der Waals surface area contributed by atoms with Crippen molar-refractivity contribution in [3.8, 4) is 0 Å². The molecular weight excluding hydrogens is 270 g/mol. The zero-order chi connectivity index (χ0) is 13.9. The topological polar surface area (TPSA) is 49.6 Å². The first-order valence-corrected chi connectivity index (χ1v) is 8.43. The Hall–Kier alpha value is -0.910. The highest BCUT2D eigenvalue weighted by Gasteiger charge is 2.27. The molecule has 5 heteroatoms. The van der Waals surface area contributed by atoms with E-state index in [1.807, 2.05) is 16.2 Å². The molecule has 0 radical (unpaired) electrons. The minimum Gasteiger partial charge on any atom is -0.337 e. The van der Waals surface area contributed by atoms with Crippen LogP contribution in [0.2, 0.25) is 0 Å². The number of carbonyl (C=O) groups is 1. The lowest BCUT2D eigenvalue weighted by Gasteiger charge is -2.37. The Balaban J connectivity index is 1.59. The summed E-state index contributed by atoms with van der Waals surface area (Å²) in [5.41, 5.74) is 7.21. The molecule has 1 fully saturated rings. The predicted octanol–water partition coefficient (Wildman–Crippen LogP) is 1.45. The second-order valence-electron chi connectivity index (χ2n) is 5.80. The van der Waals surface area contributed by atoms with Crippen LogP contribution in [-0.2, 0) is 17.8 Å². The highest BCUT2D eigenvalue weighted by molar-refractivity contribution is 7.10. The second-order valence-corrected chi connectivity index (χ2v) is 6.80. The Morgan fingerprint density at radius 2 is 2.30 bits per heavy atom. The predicted molar refractivity (Wildman–Crippen MR) is 81.7 cm³/mol. The molecule has 4 nitrogen and oxygen atoms in total. The van der Waals surface area contributed by atoms with Gasteiger partial charge in [0.15, 0.2) is 0 Å². The van der Waals surface area contributed by atoms with Crippen LogP contribution in [0.4, 0.5) is 0 Å². The number of amides is 1. The van der Waals surface area contributed by atoms with Gasteiger partial charge in [0.2, 0.25) is 5.91 Å². The summed E-state index contributed by atoms with van der Waals surface area (Å²) in [6.07, 6.45) is 4.47. The Bertz CT molecular complexity index is 473. The number of carbonyl (C=O) groups excluding carboxylic acids is 1. The molecule has 0 saturated carbocycles. The van der Waals surface area contributed by atoms with Crippen LogP contribution >= 0.6 is 11.3 Å². The molecule has 1 unspecified atom stereocenters. The van der Waals surface area contributed by atoms with Crippen molar-refractivity contribution in [2.45, 2.75) is 38.3 Å². The Morgan fingerprint density at radius 1 is 1.40 bits per heavy atom. The zero-order valence-corrected chi connectivity index (χ0v) is 12.7. The molecule has 0 aromatic carbocycles. The Kier molecular flexibility index (Phi) is 4.38. The number of likely N-dealkylation sites (tertiary alicyclic amines) is 1. The van der Waals surface area contributed by atoms with E-state index in [0.29, 0.717) is 13.1 Å². The molecule has 110 valence electrons. The van der Waals surface area contributed by atoms with Gasteiger partial charge in [-0.25, -0.2) is 0 Å². The standard InChI is InChI=1S/C15H23N3OS/c16-9-13-3-1-2-6-18(13)15(19)11-17-7-4-14-12(10-17)5-8-20-14/h5,8,13H,1-4,6-7,9-11,16H2. The zero-order valence-electron chi connectivity index (χ0n) is 11.9. The Morgan fingerprint density at radius 3 is 3.15 bits per heavy atom. The number of rotatable bonds is 3. The summed E-state index contributed by atoms with van der Waals surface area (Å²) in [7, 11) is 0. The van der Waals surface area contributed by atoms with Crippen LogP contribution in [0.5, 0.6) is 0 Å². The molecule has 0 aliphatic carbocycles. The van der Waals surface area contributed by atoms with Crippen molar-refractivity contribution in [1.82, 2.24) is 9.80 Å². The van der Waals surface area contributed by atoms with Gasteiger partial charge < -0.3 is 10.6 Å². The highest BCUT2D eigenvalue weighted by atomic mass is 32.1. The second kappa shape index (κ2) is 6.24. The van der Waals surface area contributed by atoms with Crippen molar-refractivity contribution in [3.05, 3.63) is 21.9 Å². The van der Waals surface area contributed by atoms with E-state index in [1.54, 1.807) is 0 Å². The van der Waals surface area contributed by atoms with E-state index < -0.39 is 0 Å². The molecule has 2 aliphatic heterocycles. The lowest BCUT2D eigenvalue weighted by Crippen LogP contribution is -2.51. The van der Waals surface area contributed by atoms with E-state index in [-0.39, 0.29) is 11.9 Å². The Labute approximate surface area is 124 Å². The molecule has 2 N–H and O–H groups in total. The van der Waals surface area contributed by atoms with Crippen molar-refractivity contribution in [2.75, 3.05) is 26.2 Å². The van der Waals surface area contributed by atoms with Gasteiger partial charge >= 0.3 is 0 Å². The summed E-state index contributed by atoms with van der Waals surface area (Å²) in [6, 6.07) is 2.46. The van der Waals surface area contributed by atoms with Crippen molar-refractivity contribution >= 4 is 17.2 Å². The summed E-state index contributed by atoms with van der Waals surface area (Å²) >= 11 is 1.84. The van der Waals surface area contributed by atoms with Gasteiger partial charge in [-0.3, -0.25) is 9.69 Å². The number of hydrogen-bond donors (Lipinski definition) is 1. The molecule has 3 heterocycles. The number of thiophene rings is 1. The average molecular weight is 293 g/mol. The van der Waals surface area contributed by atoms with Gasteiger partial charge in [0, 0.05) is 37.1 Å². The van der Waals surface area contributed by atoms with E-state index >= 15 is 0 Å². The minimum absolute atomic E-state index is 0.262. The molecule has 0 bridgehead atoms. The largest absolute Gasteiger partial charge is 0.337 e. The first-order chi connectivity index (χ1) is 9.78. The monoisotopic (exact) mass is 293 g/mol. The lowest BCUT2D eigenvalue weighted by atomic mass is 10.0. The van der Waals surface area contributed by atoms with E-state index in [4.69, 9.17) is 5.73 Å². The number of nitrogens with zero attached hydrogens (tertiary/aromatic N) is 2. The maximum atomic E-state index is 12.5. The van der Waals surface area contributed by atoms with Crippen LogP contribution in [0.1, 0.15) is 29.7 Å². The van der Waals surface area contributed by atoms with Gasteiger partial charge in [-0.2, -0.15) is 0 Å². The third-order valence-electron chi connectivity index (χ3n) is 4.47. The third-order valence-corrected chi connectivity index (χ3v) is 5.49. The normalized spacial score (nSPS) is 23.6. The average Bonchev–Trinajstić information content (AvgIpc) is 2.94. The van der Waals surface area contributed by atoms with Crippen molar-refractivity contribution in [2.24, 2.45) is 5.73 Å². The molecule has 2 aliphatic rings. The molecule has 20 heavy (non-hydrogen) atoms. The van der Waals surface area contributed by atoms with Crippen LogP contribution in [-0.4, -0.2) is 47.9 Å². The molecule has 1 aromatic rings. The molecule has 1 amide bonds. The summed E-state index contributed by atoms with van der Waals surface area (Å²) in [4.78, 5) is 18.3. The van der Waals surface area contributed by atoms with Gasteiger partial charge in [-0.15, -0.1) is 11.3 Å². The van der Waals surface area contributed by atoms with Crippen molar-refractivity contribution < 1.29 is 4.79 Å². The summed E-state index contributed by atoms with van der Waals surface area (Å²) in [6.45, 7) is 3.95. The fourth-order valence-electron chi connectivity index (χ4n) is 3.30. The summed E-state index contributed by atoms with van der Waals surface area (Å²) < 4.78 is 0. The first-order valence-electron chi connectivity index (χ1n) is 7.55. The van der Waals surface area contributed by atoms with Crippen LogP contribution in [0.3, 0.4) is 0 Å². The van der Waals surface area contributed by atoms with Crippen molar-refractivity contribution in [3.63, 3.8) is 0 Å². The smallest absolute Gasteiger partial charge is 0.237 e. The number of fused-ring (bicyclic) bond motifs is 1. The SMILES string of the molecule is NCC1CCCCN1C(=O)CN1CCc2sccc2C1. The van der Waals surface area contributed by atoms with Crippen LogP contribution in [0.15, 0.2) is 11.4 Å². The summed E-state index contributed by atoms with van der Waals surface area (Å²) in [5.74, 6) is 0.263. The number of piperidine rings is 1. The fourth-order valence-corrected chi connectivity index (χ4v) is 4.19. The van der Waals surface area contributed by atoms with E-state index in [2.05, 4.69) is 16.3 Å².